The monoisotopic (exact) mass is 460 g/mol. The van der Waals surface area contributed by atoms with Crippen LogP contribution in [0.1, 0.15) is 23.3 Å². The maximum absolute atomic E-state index is 10.3. The van der Waals surface area contributed by atoms with Crippen LogP contribution >= 0.6 is 31.9 Å². The Hall–Kier alpha value is -1.74. The van der Waals surface area contributed by atoms with Crippen molar-refractivity contribution in [3.8, 4) is 0 Å². The second-order valence-corrected chi connectivity index (χ2v) is 6.42. The fourth-order valence-corrected chi connectivity index (χ4v) is 2.10. The van der Waals surface area contributed by atoms with Gasteiger partial charge in [-0.15, -0.1) is 0 Å². The Bertz CT molecular complexity index is 623. The molecule has 0 aliphatic rings. The zero-order valence-electron chi connectivity index (χ0n) is 12.1. The molecule has 2 aromatic carbocycles. The average molecular weight is 462 g/mol. The van der Waals surface area contributed by atoms with Crippen LogP contribution in [0.2, 0.25) is 0 Å². The Morgan fingerprint density at radius 3 is 1.12 bits per heavy atom. The summed E-state index contributed by atoms with van der Waals surface area (Å²) in [6.07, 6.45) is -2.86. The van der Waals surface area contributed by atoms with Crippen molar-refractivity contribution in [3.05, 3.63) is 68.6 Å². The molecule has 6 nitrogen and oxygen atoms in total. The van der Waals surface area contributed by atoms with E-state index in [0.29, 0.717) is 11.1 Å². The van der Waals surface area contributed by atoms with Crippen LogP contribution in [0.15, 0.2) is 57.5 Å². The number of aliphatic carboxylic acids is 2. The SMILES string of the molecule is O=C(O)[C@@H](O)c1ccc(Br)cc1.O=C(O)[C@H](O)c1ccc(Br)cc1. The van der Waals surface area contributed by atoms with Crippen LogP contribution in [-0.4, -0.2) is 32.4 Å². The summed E-state index contributed by atoms with van der Waals surface area (Å²) in [6.45, 7) is 0. The van der Waals surface area contributed by atoms with Gasteiger partial charge in [0, 0.05) is 8.95 Å². The van der Waals surface area contributed by atoms with Gasteiger partial charge in [0.15, 0.2) is 12.2 Å². The normalized spacial score (nSPS) is 12.5. The van der Waals surface area contributed by atoms with Gasteiger partial charge >= 0.3 is 11.9 Å². The second-order valence-electron chi connectivity index (χ2n) is 4.58. The first-order valence-corrected chi connectivity index (χ1v) is 8.13. The number of hydrogen-bond donors (Lipinski definition) is 4. The molecule has 4 N–H and O–H groups in total. The molecule has 128 valence electrons. The summed E-state index contributed by atoms with van der Waals surface area (Å²) in [5.41, 5.74) is 0.761. The lowest BCUT2D eigenvalue weighted by Crippen LogP contribution is -2.09. The molecule has 0 fully saturated rings. The Morgan fingerprint density at radius 1 is 0.667 bits per heavy atom. The van der Waals surface area contributed by atoms with Gasteiger partial charge in [-0.3, -0.25) is 0 Å². The Morgan fingerprint density at radius 2 is 0.917 bits per heavy atom. The summed E-state index contributed by atoms with van der Waals surface area (Å²) in [4.78, 5) is 20.6. The first-order chi connectivity index (χ1) is 11.2. The van der Waals surface area contributed by atoms with Crippen LogP contribution in [-0.2, 0) is 9.59 Å². The lowest BCUT2D eigenvalue weighted by atomic mass is 10.1. The summed E-state index contributed by atoms with van der Waals surface area (Å²) >= 11 is 6.41. The molecule has 0 unspecified atom stereocenters. The quantitative estimate of drug-likeness (QED) is 0.556. The molecular formula is C16H14Br2O6. The molecule has 0 saturated carbocycles. The fraction of sp³-hybridized carbons (Fsp3) is 0.125. The number of carboxylic acid groups (broad SMARTS) is 2. The number of halogens is 2. The molecule has 0 spiro atoms. The molecule has 0 amide bonds. The molecule has 0 aromatic heterocycles. The first-order valence-electron chi connectivity index (χ1n) is 6.55. The molecule has 0 radical (unpaired) electrons. The van der Waals surface area contributed by atoms with Gasteiger partial charge in [-0.05, 0) is 35.4 Å². The third-order valence-electron chi connectivity index (χ3n) is 2.84. The van der Waals surface area contributed by atoms with Gasteiger partial charge in [-0.1, -0.05) is 56.1 Å². The van der Waals surface area contributed by atoms with E-state index in [1.807, 2.05) is 0 Å². The van der Waals surface area contributed by atoms with E-state index in [0.717, 1.165) is 8.95 Å². The molecule has 24 heavy (non-hydrogen) atoms. The van der Waals surface area contributed by atoms with Gasteiger partial charge in [-0.25, -0.2) is 9.59 Å². The van der Waals surface area contributed by atoms with E-state index in [-0.39, 0.29) is 0 Å². The average Bonchev–Trinajstić information content (AvgIpc) is 2.55. The van der Waals surface area contributed by atoms with E-state index in [4.69, 9.17) is 20.4 Å². The zero-order valence-corrected chi connectivity index (χ0v) is 15.3. The number of benzene rings is 2. The number of carbonyl (C=O) groups is 2. The predicted octanol–water partition coefficient (Wildman–Crippen LogP) is 3.13. The smallest absolute Gasteiger partial charge is 0.337 e. The first kappa shape index (κ1) is 20.3. The molecule has 0 saturated heterocycles. The third kappa shape index (κ3) is 6.40. The number of rotatable bonds is 4. The number of carboxylic acids is 2. The van der Waals surface area contributed by atoms with Crippen molar-refractivity contribution < 1.29 is 30.0 Å². The van der Waals surface area contributed by atoms with Crippen LogP contribution in [0, 0.1) is 0 Å². The van der Waals surface area contributed by atoms with Crippen LogP contribution < -0.4 is 0 Å². The van der Waals surface area contributed by atoms with Crippen LogP contribution in [0.25, 0.3) is 0 Å². The fourth-order valence-electron chi connectivity index (χ4n) is 1.58. The maximum atomic E-state index is 10.3. The molecular weight excluding hydrogens is 448 g/mol. The largest absolute Gasteiger partial charge is 0.479 e. The molecule has 0 aliphatic heterocycles. The number of hydrogen-bond acceptors (Lipinski definition) is 4. The molecule has 8 heteroatoms. The highest BCUT2D eigenvalue weighted by atomic mass is 79.9. The number of aliphatic hydroxyl groups excluding tert-OH is 2. The van der Waals surface area contributed by atoms with Crippen molar-refractivity contribution in [2.24, 2.45) is 0 Å². The summed E-state index contributed by atoms with van der Waals surface area (Å²) in [5.74, 6) is -2.48. The van der Waals surface area contributed by atoms with Crippen LogP contribution in [0.5, 0.6) is 0 Å². The molecule has 0 heterocycles. The zero-order chi connectivity index (χ0) is 18.3. The Kier molecular flexibility index (Phi) is 8.06. The van der Waals surface area contributed by atoms with Gasteiger partial charge in [0.05, 0.1) is 0 Å². The van der Waals surface area contributed by atoms with Crippen molar-refractivity contribution in [3.63, 3.8) is 0 Å². The topological polar surface area (TPSA) is 115 Å². The maximum Gasteiger partial charge on any atom is 0.337 e. The van der Waals surface area contributed by atoms with E-state index in [1.165, 1.54) is 0 Å². The molecule has 2 aromatic rings. The van der Waals surface area contributed by atoms with Crippen molar-refractivity contribution in [1.29, 1.82) is 0 Å². The minimum atomic E-state index is -1.43. The number of aliphatic hydroxyl groups is 2. The van der Waals surface area contributed by atoms with Crippen LogP contribution in [0.3, 0.4) is 0 Å². The van der Waals surface area contributed by atoms with E-state index >= 15 is 0 Å². The summed E-state index contributed by atoms with van der Waals surface area (Å²) in [5, 5.41) is 35.0. The summed E-state index contributed by atoms with van der Waals surface area (Å²) < 4.78 is 1.70. The highest BCUT2D eigenvalue weighted by Gasteiger charge is 2.15. The lowest BCUT2D eigenvalue weighted by Gasteiger charge is -2.04. The van der Waals surface area contributed by atoms with Crippen molar-refractivity contribution >= 4 is 43.8 Å². The minimum absolute atomic E-state index is 0.380. The third-order valence-corrected chi connectivity index (χ3v) is 3.90. The standard InChI is InChI=1S/2C8H7BrO3/c2*9-6-3-1-5(2-4-6)7(10)8(11)12/h2*1-4,7,10H,(H,11,12)/t2*7-/m10/s1. The Labute approximate surface area is 154 Å². The molecule has 0 bridgehead atoms. The van der Waals surface area contributed by atoms with Gasteiger partial charge in [0.25, 0.3) is 0 Å². The highest BCUT2D eigenvalue weighted by molar-refractivity contribution is 9.10. The minimum Gasteiger partial charge on any atom is -0.479 e. The van der Waals surface area contributed by atoms with Gasteiger partial charge in [0.2, 0.25) is 0 Å². The molecule has 0 aliphatic carbocycles. The van der Waals surface area contributed by atoms with Crippen molar-refractivity contribution in [2.45, 2.75) is 12.2 Å². The van der Waals surface area contributed by atoms with Gasteiger partial charge < -0.3 is 20.4 Å². The summed E-state index contributed by atoms with van der Waals surface area (Å²) in [7, 11) is 0. The highest BCUT2D eigenvalue weighted by Crippen LogP contribution is 2.17. The Balaban J connectivity index is 0.000000240. The van der Waals surface area contributed by atoms with Crippen LogP contribution in [0.4, 0.5) is 0 Å². The van der Waals surface area contributed by atoms with Crippen molar-refractivity contribution in [2.75, 3.05) is 0 Å². The molecule has 2 atom stereocenters. The van der Waals surface area contributed by atoms with Gasteiger partial charge in [-0.2, -0.15) is 0 Å². The van der Waals surface area contributed by atoms with E-state index in [2.05, 4.69) is 31.9 Å². The van der Waals surface area contributed by atoms with E-state index in [9.17, 15) is 9.59 Å². The van der Waals surface area contributed by atoms with Crippen molar-refractivity contribution in [1.82, 2.24) is 0 Å². The second kappa shape index (κ2) is 9.53. The predicted molar refractivity (Wildman–Crippen MR) is 93.5 cm³/mol. The van der Waals surface area contributed by atoms with E-state index < -0.39 is 24.1 Å². The van der Waals surface area contributed by atoms with E-state index in [1.54, 1.807) is 48.5 Å². The lowest BCUT2D eigenvalue weighted by molar-refractivity contribution is -0.147. The van der Waals surface area contributed by atoms with Gasteiger partial charge in [0.1, 0.15) is 0 Å². The summed E-state index contributed by atoms with van der Waals surface area (Å²) in [6, 6.07) is 13.0. The molecule has 2 rings (SSSR count).